The first-order valence-electron chi connectivity index (χ1n) is 9.08. The summed E-state index contributed by atoms with van der Waals surface area (Å²) >= 11 is 0. The van der Waals surface area contributed by atoms with Crippen LogP contribution >= 0.6 is 0 Å². The Morgan fingerprint density at radius 3 is 2.12 bits per heavy atom. The Balaban J connectivity index is 2.27. The molecule has 1 N–H and O–H groups in total. The number of hydrogen-bond acceptors (Lipinski definition) is 6. The van der Waals surface area contributed by atoms with Gasteiger partial charge in [0.15, 0.2) is 19.9 Å². The topological polar surface area (TPSA) is 66.4 Å². The highest BCUT2D eigenvalue weighted by atomic mass is 28.4. The number of ether oxygens (including phenoxy) is 4. The SMILES string of the molecule is CO[C@@]1(CCO)O[C@](C)(CO[Si](C)(C)C(C)(C)C)[C@H]2OC(C)(C)O[C@H]21. The van der Waals surface area contributed by atoms with Gasteiger partial charge in [0.1, 0.15) is 17.8 Å². The first-order chi connectivity index (χ1) is 11.2. The Labute approximate surface area is 153 Å². The second kappa shape index (κ2) is 6.55. The van der Waals surface area contributed by atoms with Crippen molar-refractivity contribution >= 4 is 8.32 Å². The van der Waals surface area contributed by atoms with Crippen LogP contribution in [0.3, 0.4) is 0 Å². The predicted molar refractivity (Wildman–Crippen MR) is 97.9 cm³/mol. The van der Waals surface area contributed by atoms with Crippen molar-refractivity contribution in [3.05, 3.63) is 0 Å². The van der Waals surface area contributed by atoms with Crippen molar-refractivity contribution in [2.45, 2.75) is 95.5 Å². The molecule has 25 heavy (non-hydrogen) atoms. The average molecular weight is 377 g/mol. The fraction of sp³-hybridized carbons (Fsp3) is 1.00. The minimum Gasteiger partial charge on any atom is -0.414 e. The summed E-state index contributed by atoms with van der Waals surface area (Å²) in [5.41, 5.74) is -0.709. The fourth-order valence-electron chi connectivity index (χ4n) is 3.30. The van der Waals surface area contributed by atoms with Gasteiger partial charge in [0.2, 0.25) is 0 Å². The van der Waals surface area contributed by atoms with Gasteiger partial charge in [0, 0.05) is 20.1 Å². The third-order valence-electron chi connectivity index (χ3n) is 5.87. The van der Waals surface area contributed by atoms with Gasteiger partial charge in [-0.1, -0.05) is 20.8 Å². The second-order valence-electron chi connectivity index (χ2n) is 9.43. The lowest BCUT2D eigenvalue weighted by Crippen LogP contribution is -2.50. The average Bonchev–Trinajstić information content (AvgIpc) is 2.90. The van der Waals surface area contributed by atoms with Gasteiger partial charge in [-0.25, -0.2) is 0 Å². The van der Waals surface area contributed by atoms with Gasteiger partial charge in [-0.2, -0.15) is 0 Å². The lowest BCUT2D eigenvalue weighted by molar-refractivity contribution is -0.309. The fourth-order valence-corrected chi connectivity index (χ4v) is 4.38. The zero-order valence-corrected chi connectivity index (χ0v) is 18.3. The molecule has 0 aromatic heterocycles. The smallest absolute Gasteiger partial charge is 0.200 e. The summed E-state index contributed by atoms with van der Waals surface area (Å²) in [7, 11) is -0.356. The standard InChI is InChI=1S/C18H36O6Si/c1-15(2,3)25(8,9)21-12-17(6)13-14(23-16(4,5)22-13)18(20-7,24-17)10-11-19/h13-14,19H,10-12H2,1-9H3/t13-,14+,17+,18-/m0/s1. The molecule has 0 radical (unpaired) electrons. The van der Waals surface area contributed by atoms with Crippen LogP contribution in [0.1, 0.15) is 48.0 Å². The summed E-state index contributed by atoms with van der Waals surface area (Å²) in [4.78, 5) is 0. The maximum atomic E-state index is 9.53. The molecule has 0 spiro atoms. The Morgan fingerprint density at radius 2 is 1.64 bits per heavy atom. The predicted octanol–water partition coefficient (Wildman–Crippen LogP) is 3.04. The molecule has 0 aromatic rings. The van der Waals surface area contributed by atoms with Crippen LogP contribution in [0.2, 0.25) is 18.1 Å². The molecule has 2 heterocycles. The molecule has 2 fully saturated rings. The lowest BCUT2D eigenvalue weighted by Gasteiger charge is -2.41. The van der Waals surface area contributed by atoms with Crippen LogP contribution in [0, 0.1) is 0 Å². The van der Waals surface area contributed by atoms with E-state index >= 15 is 0 Å². The van der Waals surface area contributed by atoms with E-state index in [1.165, 1.54) is 0 Å². The van der Waals surface area contributed by atoms with Crippen LogP contribution in [0.4, 0.5) is 0 Å². The van der Waals surface area contributed by atoms with Gasteiger partial charge in [-0.05, 0) is 38.9 Å². The van der Waals surface area contributed by atoms with E-state index in [9.17, 15) is 5.11 Å². The van der Waals surface area contributed by atoms with Crippen molar-refractivity contribution in [2.75, 3.05) is 20.3 Å². The molecular formula is C18H36O6Si. The molecule has 4 atom stereocenters. The highest BCUT2D eigenvalue weighted by Gasteiger charge is 2.68. The molecule has 0 aromatic carbocycles. The van der Waals surface area contributed by atoms with E-state index < -0.39 is 31.6 Å². The number of rotatable bonds is 6. The van der Waals surface area contributed by atoms with Crippen LogP contribution in [-0.2, 0) is 23.4 Å². The van der Waals surface area contributed by atoms with Crippen LogP contribution < -0.4 is 0 Å². The zero-order valence-electron chi connectivity index (χ0n) is 17.3. The van der Waals surface area contributed by atoms with Crippen molar-refractivity contribution in [2.24, 2.45) is 0 Å². The van der Waals surface area contributed by atoms with Crippen LogP contribution in [0.15, 0.2) is 0 Å². The van der Waals surface area contributed by atoms with Crippen LogP contribution in [0.5, 0.6) is 0 Å². The summed E-state index contributed by atoms with van der Waals surface area (Å²) in [6.07, 6.45) is -0.411. The molecule has 0 bridgehead atoms. The Morgan fingerprint density at radius 1 is 1.08 bits per heavy atom. The van der Waals surface area contributed by atoms with E-state index in [1.807, 2.05) is 20.8 Å². The zero-order chi connectivity index (χ0) is 19.3. The normalized spacial score (nSPS) is 38.2. The third-order valence-corrected chi connectivity index (χ3v) is 10.3. The highest BCUT2D eigenvalue weighted by Crippen LogP contribution is 2.51. The molecule has 7 heteroatoms. The third kappa shape index (κ3) is 3.83. The Kier molecular flexibility index (Phi) is 5.57. The number of methoxy groups -OCH3 is 1. The molecule has 2 aliphatic heterocycles. The monoisotopic (exact) mass is 376 g/mol. The number of hydrogen-bond donors (Lipinski definition) is 1. The van der Waals surface area contributed by atoms with E-state index in [0.29, 0.717) is 13.0 Å². The highest BCUT2D eigenvalue weighted by molar-refractivity contribution is 6.74. The van der Waals surface area contributed by atoms with E-state index in [0.717, 1.165) is 0 Å². The summed E-state index contributed by atoms with van der Waals surface area (Å²) in [6.45, 7) is 17.2. The van der Waals surface area contributed by atoms with Crippen molar-refractivity contribution in [3.8, 4) is 0 Å². The van der Waals surface area contributed by atoms with E-state index in [-0.39, 0.29) is 17.7 Å². The van der Waals surface area contributed by atoms with Gasteiger partial charge in [-0.3, -0.25) is 0 Å². The van der Waals surface area contributed by atoms with E-state index in [2.05, 4.69) is 33.9 Å². The van der Waals surface area contributed by atoms with Crippen LogP contribution in [0.25, 0.3) is 0 Å². The molecule has 0 aliphatic carbocycles. The molecule has 2 saturated heterocycles. The van der Waals surface area contributed by atoms with Gasteiger partial charge in [0.05, 0.1) is 6.61 Å². The largest absolute Gasteiger partial charge is 0.414 e. The number of aliphatic hydroxyl groups excluding tert-OH is 1. The van der Waals surface area contributed by atoms with Crippen LogP contribution in [-0.4, -0.2) is 63.1 Å². The quantitative estimate of drug-likeness (QED) is 0.719. The minimum absolute atomic E-state index is 0.0555. The van der Waals surface area contributed by atoms with E-state index in [1.54, 1.807) is 7.11 Å². The molecule has 0 unspecified atom stereocenters. The van der Waals surface area contributed by atoms with Gasteiger partial charge in [-0.15, -0.1) is 0 Å². The molecule has 2 aliphatic rings. The summed E-state index contributed by atoms with van der Waals surface area (Å²) in [5.74, 6) is -1.75. The molecular weight excluding hydrogens is 340 g/mol. The molecule has 148 valence electrons. The molecule has 0 saturated carbocycles. The molecule has 6 nitrogen and oxygen atoms in total. The Hall–Kier alpha value is -0.0231. The first-order valence-corrected chi connectivity index (χ1v) is 12.0. The second-order valence-corrected chi connectivity index (χ2v) is 14.2. The first kappa shape index (κ1) is 21.3. The maximum Gasteiger partial charge on any atom is 0.200 e. The number of aliphatic hydroxyl groups is 1. The van der Waals surface area contributed by atoms with Crippen molar-refractivity contribution in [3.63, 3.8) is 0 Å². The van der Waals surface area contributed by atoms with Gasteiger partial charge >= 0.3 is 0 Å². The Bertz CT molecular complexity index is 488. The lowest BCUT2D eigenvalue weighted by atomic mass is 9.95. The molecule has 0 amide bonds. The molecule has 2 rings (SSSR count). The van der Waals surface area contributed by atoms with Gasteiger partial charge in [0.25, 0.3) is 0 Å². The van der Waals surface area contributed by atoms with Crippen molar-refractivity contribution < 1.29 is 28.5 Å². The van der Waals surface area contributed by atoms with Gasteiger partial charge < -0.3 is 28.5 Å². The minimum atomic E-state index is -1.94. The summed E-state index contributed by atoms with van der Waals surface area (Å²) in [5, 5.41) is 9.64. The van der Waals surface area contributed by atoms with E-state index in [4.69, 9.17) is 23.4 Å². The van der Waals surface area contributed by atoms with Crippen molar-refractivity contribution in [1.29, 1.82) is 0 Å². The summed E-state index contributed by atoms with van der Waals surface area (Å²) in [6, 6.07) is 0. The maximum absolute atomic E-state index is 9.53. The van der Waals surface area contributed by atoms with Crippen molar-refractivity contribution in [1.82, 2.24) is 0 Å². The summed E-state index contributed by atoms with van der Waals surface area (Å²) < 4.78 is 30.8. The number of fused-ring (bicyclic) bond motifs is 1.